The normalized spacial score (nSPS) is 12.8. The molecule has 0 saturated heterocycles. The van der Waals surface area contributed by atoms with Crippen LogP contribution in [-0.4, -0.2) is 40.0 Å². The number of ether oxygens (including phenoxy) is 2. The van der Waals surface area contributed by atoms with E-state index in [0.717, 1.165) is 12.3 Å². The van der Waals surface area contributed by atoms with Gasteiger partial charge >= 0.3 is 5.97 Å². The van der Waals surface area contributed by atoms with Crippen LogP contribution in [0.5, 0.6) is 11.5 Å². The van der Waals surface area contributed by atoms with Gasteiger partial charge in [0, 0.05) is 24.3 Å². The number of aliphatic carboxylic acids is 1. The van der Waals surface area contributed by atoms with Crippen LogP contribution in [0.4, 0.5) is 4.39 Å². The van der Waals surface area contributed by atoms with Crippen LogP contribution in [0.25, 0.3) is 0 Å². The second-order valence-corrected chi connectivity index (χ2v) is 6.61. The molecule has 22 heavy (non-hydrogen) atoms. The summed E-state index contributed by atoms with van der Waals surface area (Å²) >= 11 is 0. The van der Waals surface area contributed by atoms with Gasteiger partial charge in [0.1, 0.15) is 10.7 Å². The molecule has 0 aliphatic rings. The fourth-order valence-corrected chi connectivity index (χ4v) is 2.99. The summed E-state index contributed by atoms with van der Waals surface area (Å²) in [5, 5.41) is 8.68. The van der Waals surface area contributed by atoms with Crippen LogP contribution in [0, 0.1) is 5.82 Å². The fraction of sp³-hybridized carbons (Fsp3) is 0.462. The van der Waals surface area contributed by atoms with Crippen molar-refractivity contribution in [3.05, 3.63) is 17.4 Å². The highest BCUT2D eigenvalue weighted by atomic mass is 32.2. The molecule has 0 radical (unpaired) electrons. The number of halogens is 1. The Hall–Kier alpha value is -1.87. The number of sulfone groups is 1. The number of methoxy groups -OCH3 is 2. The Labute approximate surface area is 127 Å². The van der Waals surface area contributed by atoms with Gasteiger partial charge in [-0.15, -0.1) is 0 Å². The van der Waals surface area contributed by atoms with Gasteiger partial charge < -0.3 is 20.3 Å². The molecule has 1 aromatic rings. The van der Waals surface area contributed by atoms with Crippen LogP contribution >= 0.6 is 0 Å². The number of benzene rings is 1. The molecule has 0 aromatic heterocycles. The van der Waals surface area contributed by atoms with Gasteiger partial charge in [-0.1, -0.05) is 0 Å². The molecular formula is C13H18FNO6S. The molecule has 1 unspecified atom stereocenters. The van der Waals surface area contributed by atoms with E-state index in [-0.39, 0.29) is 29.9 Å². The van der Waals surface area contributed by atoms with Gasteiger partial charge in [-0.25, -0.2) is 12.8 Å². The highest BCUT2D eigenvalue weighted by molar-refractivity contribution is 7.90. The van der Waals surface area contributed by atoms with E-state index < -0.39 is 32.6 Å². The van der Waals surface area contributed by atoms with Gasteiger partial charge in [0.15, 0.2) is 21.3 Å². The van der Waals surface area contributed by atoms with Crippen molar-refractivity contribution in [3.8, 4) is 11.5 Å². The van der Waals surface area contributed by atoms with E-state index in [1.807, 2.05) is 0 Å². The first-order valence-electron chi connectivity index (χ1n) is 6.25. The van der Waals surface area contributed by atoms with E-state index in [9.17, 15) is 17.6 Å². The minimum Gasteiger partial charge on any atom is -0.492 e. The summed E-state index contributed by atoms with van der Waals surface area (Å²) in [6, 6.07) is 0.0904. The Morgan fingerprint density at radius 1 is 1.36 bits per heavy atom. The molecule has 9 heteroatoms. The standard InChI is InChI=1S/C13H18FNO6S/c1-20-11-7(9(15)4-5-10(16)17)6-8(14)13(12(11)21-2)22(3,18)19/h6,9H,4-5,15H2,1-3H3,(H,16,17). The molecular weight excluding hydrogens is 317 g/mol. The minimum atomic E-state index is -3.89. The van der Waals surface area contributed by atoms with E-state index >= 15 is 0 Å². The van der Waals surface area contributed by atoms with Gasteiger partial charge in [-0.05, 0) is 12.5 Å². The first kappa shape index (κ1) is 18.2. The first-order chi connectivity index (χ1) is 10.1. The van der Waals surface area contributed by atoms with Crippen molar-refractivity contribution in [2.45, 2.75) is 23.8 Å². The number of hydrogen-bond acceptors (Lipinski definition) is 6. The lowest BCUT2D eigenvalue weighted by molar-refractivity contribution is -0.137. The quantitative estimate of drug-likeness (QED) is 0.766. The van der Waals surface area contributed by atoms with E-state index in [2.05, 4.69) is 0 Å². The fourth-order valence-electron chi connectivity index (χ4n) is 2.06. The highest BCUT2D eigenvalue weighted by Gasteiger charge is 2.28. The van der Waals surface area contributed by atoms with E-state index in [0.29, 0.717) is 0 Å². The van der Waals surface area contributed by atoms with Crippen LogP contribution in [0.1, 0.15) is 24.4 Å². The number of carbonyl (C=O) groups is 1. The number of hydrogen-bond donors (Lipinski definition) is 2. The number of carboxylic acids is 1. The molecule has 1 rings (SSSR count). The summed E-state index contributed by atoms with van der Waals surface area (Å²) in [7, 11) is -1.45. The Kier molecular flexibility index (Phi) is 5.72. The third kappa shape index (κ3) is 3.86. The van der Waals surface area contributed by atoms with Crippen LogP contribution < -0.4 is 15.2 Å². The smallest absolute Gasteiger partial charge is 0.303 e. The zero-order chi connectivity index (χ0) is 17.1. The molecule has 0 spiro atoms. The summed E-state index contributed by atoms with van der Waals surface area (Å²) < 4.78 is 47.7. The Morgan fingerprint density at radius 3 is 2.32 bits per heavy atom. The molecule has 0 amide bonds. The van der Waals surface area contributed by atoms with Crippen LogP contribution in [0.3, 0.4) is 0 Å². The summed E-state index contributed by atoms with van der Waals surface area (Å²) in [6.07, 6.45) is 0.659. The molecule has 0 heterocycles. The van der Waals surface area contributed by atoms with Crippen LogP contribution in [-0.2, 0) is 14.6 Å². The Balaban J connectivity index is 3.49. The number of nitrogens with two attached hydrogens (primary N) is 1. The van der Waals surface area contributed by atoms with Crippen LogP contribution in [0.15, 0.2) is 11.0 Å². The average molecular weight is 335 g/mol. The van der Waals surface area contributed by atoms with Crippen LogP contribution in [0.2, 0.25) is 0 Å². The topological polar surface area (TPSA) is 116 Å². The monoisotopic (exact) mass is 335 g/mol. The van der Waals surface area contributed by atoms with Crippen molar-refractivity contribution in [1.29, 1.82) is 0 Å². The maximum atomic E-state index is 14.2. The van der Waals surface area contributed by atoms with Gasteiger partial charge in [0.2, 0.25) is 0 Å². The lowest BCUT2D eigenvalue weighted by Crippen LogP contribution is -2.16. The zero-order valence-electron chi connectivity index (χ0n) is 12.4. The van der Waals surface area contributed by atoms with Gasteiger partial charge in [-0.2, -0.15) is 0 Å². The van der Waals surface area contributed by atoms with E-state index in [1.54, 1.807) is 0 Å². The van der Waals surface area contributed by atoms with Crippen molar-refractivity contribution < 1.29 is 32.2 Å². The lowest BCUT2D eigenvalue weighted by Gasteiger charge is -2.20. The zero-order valence-corrected chi connectivity index (χ0v) is 13.2. The third-order valence-corrected chi connectivity index (χ3v) is 4.14. The maximum Gasteiger partial charge on any atom is 0.303 e. The summed E-state index contributed by atoms with van der Waals surface area (Å²) in [5.41, 5.74) is 6.00. The first-order valence-corrected chi connectivity index (χ1v) is 8.14. The van der Waals surface area contributed by atoms with E-state index in [1.165, 1.54) is 14.2 Å². The molecule has 0 fully saturated rings. The van der Waals surface area contributed by atoms with Gasteiger partial charge in [0.05, 0.1) is 14.2 Å². The van der Waals surface area contributed by atoms with Crippen molar-refractivity contribution in [2.75, 3.05) is 20.5 Å². The van der Waals surface area contributed by atoms with Gasteiger partial charge in [-0.3, -0.25) is 4.79 Å². The van der Waals surface area contributed by atoms with Gasteiger partial charge in [0.25, 0.3) is 0 Å². The highest BCUT2D eigenvalue weighted by Crippen LogP contribution is 2.42. The molecule has 3 N–H and O–H groups in total. The predicted octanol–water partition coefficient (Wildman–Crippen LogP) is 1.11. The molecule has 1 atom stereocenters. The SMILES string of the molecule is COc1c(C(N)CCC(=O)O)cc(F)c(S(C)(=O)=O)c1OC. The summed E-state index contributed by atoms with van der Waals surface area (Å²) in [4.78, 5) is 9.98. The third-order valence-electron chi connectivity index (χ3n) is 3.02. The van der Waals surface area contributed by atoms with E-state index in [4.69, 9.17) is 20.3 Å². The van der Waals surface area contributed by atoms with Crippen molar-refractivity contribution in [3.63, 3.8) is 0 Å². The molecule has 0 aliphatic carbocycles. The molecule has 0 bridgehead atoms. The maximum absolute atomic E-state index is 14.2. The van der Waals surface area contributed by atoms with Crippen molar-refractivity contribution in [1.82, 2.24) is 0 Å². The molecule has 0 aliphatic heterocycles. The average Bonchev–Trinajstić information content (AvgIpc) is 2.41. The molecule has 124 valence electrons. The minimum absolute atomic E-state index is 0.0257. The molecule has 7 nitrogen and oxygen atoms in total. The summed E-state index contributed by atoms with van der Waals surface area (Å²) in [6.45, 7) is 0. The second kappa shape index (κ2) is 6.93. The largest absolute Gasteiger partial charge is 0.492 e. The second-order valence-electron chi connectivity index (χ2n) is 4.65. The van der Waals surface area contributed by atoms with Crippen molar-refractivity contribution in [2.24, 2.45) is 5.73 Å². The molecule has 0 saturated carbocycles. The molecule has 1 aromatic carbocycles. The number of carboxylic acid groups (broad SMARTS) is 1. The van der Waals surface area contributed by atoms with Crippen molar-refractivity contribution >= 4 is 15.8 Å². The number of rotatable bonds is 7. The Morgan fingerprint density at radius 2 is 1.91 bits per heavy atom. The predicted molar refractivity (Wildman–Crippen MR) is 76.4 cm³/mol. The Bertz CT molecular complexity index is 674. The lowest BCUT2D eigenvalue weighted by atomic mass is 10.0. The summed E-state index contributed by atoms with van der Waals surface area (Å²) in [5.74, 6) is -2.39.